The maximum atomic E-state index is 3.69. The van der Waals surface area contributed by atoms with Crippen LogP contribution < -0.4 is 5.32 Å². The predicted octanol–water partition coefficient (Wildman–Crippen LogP) is 2.89. The molecule has 1 heterocycles. The quantitative estimate of drug-likeness (QED) is 0.792. The summed E-state index contributed by atoms with van der Waals surface area (Å²) in [6.07, 6.45) is 7.15. The fraction of sp³-hybridized carbons (Fsp3) is 1.00. The molecule has 2 rings (SSSR count). The summed E-state index contributed by atoms with van der Waals surface area (Å²) in [6, 6.07) is 1.63. The van der Waals surface area contributed by atoms with Crippen LogP contribution in [-0.2, 0) is 0 Å². The average Bonchev–Trinajstić information content (AvgIpc) is 2.89. The highest BCUT2D eigenvalue weighted by Crippen LogP contribution is 2.26. The molecule has 0 amide bonds. The van der Waals surface area contributed by atoms with Crippen LogP contribution in [0.15, 0.2) is 0 Å². The molecule has 1 saturated heterocycles. The second-order valence-electron chi connectivity index (χ2n) is 6.61. The highest BCUT2D eigenvalue weighted by Gasteiger charge is 2.29. The Labute approximate surface area is 107 Å². The molecular formula is C15H30N2. The van der Waals surface area contributed by atoms with E-state index in [1.807, 2.05) is 0 Å². The smallest absolute Gasteiger partial charge is 0.0221 e. The highest BCUT2D eigenvalue weighted by molar-refractivity contribution is 4.87. The van der Waals surface area contributed by atoms with E-state index in [2.05, 4.69) is 31.0 Å². The number of hydrogen-bond donors (Lipinski definition) is 1. The van der Waals surface area contributed by atoms with Gasteiger partial charge in [0.25, 0.3) is 0 Å². The zero-order valence-electron chi connectivity index (χ0n) is 11.9. The van der Waals surface area contributed by atoms with Gasteiger partial charge in [-0.2, -0.15) is 0 Å². The van der Waals surface area contributed by atoms with Crippen molar-refractivity contribution in [3.8, 4) is 0 Å². The van der Waals surface area contributed by atoms with Gasteiger partial charge in [0.1, 0.15) is 0 Å². The lowest BCUT2D eigenvalue weighted by Gasteiger charge is -2.33. The first-order valence-corrected chi connectivity index (χ1v) is 7.64. The third-order valence-corrected chi connectivity index (χ3v) is 4.57. The number of rotatable bonds is 5. The summed E-state index contributed by atoms with van der Waals surface area (Å²) < 4.78 is 0. The second kappa shape index (κ2) is 6.19. The monoisotopic (exact) mass is 238 g/mol. The van der Waals surface area contributed by atoms with E-state index in [-0.39, 0.29) is 0 Å². The molecule has 1 saturated carbocycles. The number of hydrogen-bond acceptors (Lipinski definition) is 2. The Hall–Kier alpha value is -0.0800. The fourth-order valence-corrected chi connectivity index (χ4v) is 3.51. The average molecular weight is 238 g/mol. The molecule has 0 aromatic carbocycles. The minimum atomic E-state index is 0.745. The first-order valence-electron chi connectivity index (χ1n) is 7.64. The van der Waals surface area contributed by atoms with Gasteiger partial charge in [-0.15, -0.1) is 0 Å². The molecule has 0 aromatic rings. The van der Waals surface area contributed by atoms with E-state index >= 15 is 0 Å². The van der Waals surface area contributed by atoms with Gasteiger partial charge in [-0.3, -0.25) is 4.90 Å². The van der Waals surface area contributed by atoms with Crippen molar-refractivity contribution in [3.05, 3.63) is 0 Å². The fourth-order valence-electron chi connectivity index (χ4n) is 3.51. The molecule has 2 nitrogen and oxygen atoms in total. The summed E-state index contributed by atoms with van der Waals surface area (Å²) in [7, 11) is 0. The number of nitrogens with zero attached hydrogens (tertiary/aromatic N) is 1. The molecular weight excluding hydrogens is 208 g/mol. The van der Waals surface area contributed by atoms with E-state index in [0.717, 1.165) is 23.9 Å². The van der Waals surface area contributed by atoms with Crippen LogP contribution in [0.3, 0.4) is 0 Å². The maximum Gasteiger partial charge on any atom is 0.0221 e. The van der Waals surface area contributed by atoms with Gasteiger partial charge in [-0.05, 0) is 37.6 Å². The van der Waals surface area contributed by atoms with Crippen LogP contribution in [0.2, 0.25) is 0 Å². The van der Waals surface area contributed by atoms with Crippen LogP contribution in [0.1, 0.15) is 52.9 Å². The van der Waals surface area contributed by atoms with Crippen molar-refractivity contribution < 1.29 is 0 Å². The van der Waals surface area contributed by atoms with Gasteiger partial charge in [-0.1, -0.05) is 33.6 Å². The molecule has 0 bridgehead atoms. The van der Waals surface area contributed by atoms with Crippen LogP contribution in [0.4, 0.5) is 0 Å². The zero-order valence-corrected chi connectivity index (χ0v) is 11.9. The Morgan fingerprint density at radius 2 is 1.88 bits per heavy atom. The van der Waals surface area contributed by atoms with E-state index in [4.69, 9.17) is 0 Å². The topological polar surface area (TPSA) is 15.3 Å². The Kier molecular flexibility index (Phi) is 4.87. The standard InChI is InChI=1S/C15H30N2/c1-12(2)10-17(14-6-4-5-7-14)11-15-13(3)8-9-16-15/h12-16H,4-11H2,1-3H3. The van der Waals surface area contributed by atoms with E-state index in [0.29, 0.717) is 0 Å². The molecule has 1 aliphatic carbocycles. The molecule has 2 unspecified atom stereocenters. The summed E-state index contributed by atoms with van der Waals surface area (Å²) in [5.41, 5.74) is 0. The summed E-state index contributed by atoms with van der Waals surface area (Å²) in [6.45, 7) is 10.9. The molecule has 0 spiro atoms. The lowest BCUT2D eigenvalue weighted by atomic mass is 10.0. The molecule has 17 heavy (non-hydrogen) atoms. The highest BCUT2D eigenvalue weighted by atomic mass is 15.2. The van der Waals surface area contributed by atoms with Crippen LogP contribution >= 0.6 is 0 Å². The first-order chi connectivity index (χ1) is 8.16. The molecule has 1 N–H and O–H groups in total. The second-order valence-corrected chi connectivity index (χ2v) is 6.61. The van der Waals surface area contributed by atoms with Crippen molar-refractivity contribution in [2.45, 2.75) is 65.0 Å². The largest absolute Gasteiger partial charge is 0.312 e. The lowest BCUT2D eigenvalue weighted by molar-refractivity contribution is 0.154. The Morgan fingerprint density at radius 3 is 2.41 bits per heavy atom. The Bertz CT molecular complexity index is 221. The molecule has 1 aliphatic heterocycles. The third kappa shape index (κ3) is 3.69. The molecule has 0 radical (unpaired) electrons. The van der Waals surface area contributed by atoms with Gasteiger partial charge < -0.3 is 5.32 Å². The summed E-state index contributed by atoms with van der Waals surface area (Å²) >= 11 is 0. The lowest BCUT2D eigenvalue weighted by Crippen LogP contribution is -2.45. The van der Waals surface area contributed by atoms with Crippen molar-refractivity contribution in [1.82, 2.24) is 10.2 Å². The number of nitrogens with one attached hydrogen (secondary N) is 1. The Morgan fingerprint density at radius 1 is 1.18 bits per heavy atom. The summed E-state index contributed by atoms with van der Waals surface area (Å²) in [5.74, 6) is 1.67. The molecule has 2 aliphatic rings. The van der Waals surface area contributed by atoms with Crippen molar-refractivity contribution >= 4 is 0 Å². The Balaban J connectivity index is 1.89. The molecule has 2 atom stereocenters. The molecule has 2 heteroatoms. The van der Waals surface area contributed by atoms with E-state index < -0.39 is 0 Å². The third-order valence-electron chi connectivity index (χ3n) is 4.57. The minimum absolute atomic E-state index is 0.745. The van der Waals surface area contributed by atoms with Crippen LogP contribution in [0.25, 0.3) is 0 Å². The van der Waals surface area contributed by atoms with Crippen molar-refractivity contribution in [2.24, 2.45) is 11.8 Å². The minimum Gasteiger partial charge on any atom is -0.312 e. The van der Waals surface area contributed by atoms with E-state index in [9.17, 15) is 0 Å². The van der Waals surface area contributed by atoms with E-state index in [1.165, 1.54) is 51.7 Å². The van der Waals surface area contributed by atoms with Gasteiger partial charge in [0.05, 0.1) is 0 Å². The predicted molar refractivity (Wildman–Crippen MR) is 74.2 cm³/mol. The molecule has 2 fully saturated rings. The van der Waals surface area contributed by atoms with Crippen molar-refractivity contribution in [1.29, 1.82) is 0 Å². The van der Waals surface area contributed by atoms with Gasteiger partial charge in [0, 0.05) is 25.2 Å². The summed E-state index contributed by atoms with van der Waals surface area (Å²) in [5, 5.41) is 3.69. The first kappa shape index (κ1) is 13.4. The van der Waals surface area contributed by atoms with Crippen LogP contribution in [-0.4, -0.2) is 36.6 Å². The molecule has 0 aromatic heterocycles. The van der Waals surface area contributed by atoms with Gasteiger partial charge in [-0.25, -0.2) is 0 Å². The maximum absolute atomic E-state index is 3.69. The van der Waals surface area contributed by atoms with Crippen molar-refractivity contribution in [3.63, 3.8) is 0 Å². The normalized spacial score (nSPS) is 30.9. The van der Waals surface area contributed by atoms with Crippen LogP contribution in [0, 0.1) is 11.8 Å². The van der Waals surface area contributed by atoms with Gasteiger partial charge >= 0.3 is 0 Å². The van der Waals surface area contributed by atoms with Gasteiger partial charge in [0.15, 0.2) is 0 Å². The SMILES string of the molecule is CC(C)CN(CC1NCCC1C)C1CCCC1. The van der Waals surface area contributed by atoms with Crippen molar-refractivity contribution in [2.75, 3.05) is 19.6 Å². The summed E-state index contributed by atoms with van der Waals surface area (Å²) in [4.78, 5) is 2.79. The van der Waals surface area contributed by atoms with Crippen LogP contribution in [0.5, 0.6) is 0 Å². The zero-order chi connectivity index (χ0) is 12.3. The van der Waals surface area contributed by atoms with Gasteiger partial charge in [0.2, 0.25) is 0 Å². The van der Waals surface area contributed by atoms with E-state index in [1.54, 1.807) is 0 Å². The molecule has 100 valence electrons.